The minimum atomic E-state index is 0.370. The van der Waals surface area contributed by atoms with Crippen molar-refractivity contribution in [2.75, 3.05) is 6.54 Å². The van der Waals surface area contributed by atoms with Gasteiger partial charge in [0, 0.05) is 22.7 Å². The zero-order valence-corrected chi connectivity index (χ0v) is 13.7. The molecule has 1 aromatic rings. The number of thiophene rings is 1. The normalized spacial score (nSPS) is 34.8. The highest BCUT2D eigenvalue weighted by molar-refractivity contribution is 7.12. The first kappa shape index (κ1) is 13.8. The summed E-state index contributed by atoms with van der Waals surface area (Å²) in [5, 5.41) is 0. The molecule has 3 heteroatoms. The van der Waals surface area contributed by atoms with Gasteiger partial charge < -0.3 is 4.90 Å². The molecule has 3 aliphatic rings. The van der Waals surface area contributed by atoms with Crippen LogP contribution in [0, 0.1) is 24.7 Å². The summed E-state index contributed by atoms with van der Waals surface area (Å²) in [7, 11) is 0. The number of carbonyl (C=O) groups excluding carboxylic acids is 1. The van der Waals surface area contributed by atoms with Crippen LogP contribution in [0.1, 0.15) is 60.7 Å². The Bertz CT molecular complexity index is 537. The summed E-state index contributed by atoms with van der Waals surface area (Å²) in [6.45, 7) is 3.13. The van der Waals surface area contributed by atoms with Crippen molar-refractivity contribution >= 4 is 17.2 Å². The SMILES string of the molecule is Cc1ccc(C2CCCN2C(=O)CC2CC3CCC2C3)s1. The van der Waals surface area contributed by atoms with Crippen molar-refractivity contribution in [3.63, 3.8) is 0 Å². The molecule has 4 atom stereocenters. The summed E-state index contributed by atoms with van der Waals surface area (Å²) in [4.78, 5) is 17.7. The van der Waals surface area contributed by atoms with Crippen LogP contribution >= 0.6 is 11.3 Å². The summed E-state index contributed by atoms with van der Waals surface area (Å²) in [5.74, 6) is 2.94. The average molecular weight is 303 g/mol. The lowest BCUT2D eigenvalue weighted by atomic mass is 9.86. The summed E-state index contributed by atoms with van der Waals surface area (Å²) in [6, 6.07) is 4.79. The maximum atomic E-state index is 12.8. The van der Waals surface area contributed by atoms with E-state index in [0.717, 1.165) is 31.2 Å². The molecule has 1 aromatic heterocycles. The van der Waals surface area contributed by atoms with Crippen LogP contribution in [0.3, 0.4) is 0 Å². The molecule has 0 aromatic carbocycles. The molecule has 2 bridgehead atoms. The number of likely N-dealkylation sites (tertiary alicyclic amines) is 1. The van der Waals surface area contributed by atoms with Gasteiger partial charge in [-0.25, -0.2) is 0 Å². The van der Waals surface area contributed by atoms with Crippen LogP contribution in [0.2, 0.25) is 0 Å². The van der Waals surface area contributed by atoms with Gasteiger partial charge in [-0.3, -0.25) is 4.79 Å². The van der Waals surface area contributed by atoms with Crippen LogP contribution in [-0.4, -0.2) is 17.4 Å². The molecule has 2 heterocycles. The lowest BCUT2D eigenvalue weighted by molar-refractivity contribution is -0.133. The first-order valence-electron chi connectivity index (χ1n) is 8.56. The van der Waals surface area contributed by atoms with E-state index in [-0.39, 0.29) is 0 Å². The van der Waals surface area contributed by atoms with Crippen molar-refractivity contribution in [3.05, 3.63) is 21.9 Å². The molecular formula is C18H25NOS. The number of carbonyl (C=O) groups is 1. The smallest absolute Gasteiger partial charge is 0.223 e. The number of nitrogens with zero attached hydrogens (tertiary/aromatic N) is 1. The fourth-order valence-electron chi connectivity index (χ4n) is 4.96. The molecular weight excluding hydrogens is 278 g/mol. The minimum Gasteiger partial charge on any atom is -0.335 e. The van der Waals surface area contributed by atoms with Crippen LogP contribution in [0.15, 0.2) is 12.1 Å². The van der Waals surface area contributed by atoms with Gasteiger partial charge in [0.1, 0.15) is 0 Å². The highest BCUT2D eigenvalue weighted by Crippen LogP contribution is 2.50. The Hall–Kier alpha value is -0.830. The van der Waals surface area contributed by atoms with E-state index >= 15 is 0 Å². The quantitative estimate of drug-likeness (QED) is 0.802. The van der Waals surface area contributed by atoms with Crippen molar-refractivity contribution in [1.82, 2.24) is 4.90 Å². The fraction of sp³-hybridized carbons (Fsp3) is 0.722. The molecule has 1 aliphatic heterocycles. The van der Waals surface area contributed by atoms with Crippen LogP contribution in [-0.2, 0) is 4.79 Å². The van der Waals surface area contributed by atoms with Gasteiger partial charge in [0.05, 0.1) is 6.04 Å². The average Bonchev–Trinajstić information content (AvgIpc) is 3.21. The number of hydrogen-bond acceptors (Lipinski definition) is 2. The van der Waals surface area contributed by atoms with E-state index in [1.165, 1.54) is 41.9 Å². The number of fused-ring (bicyclic) bond motifs is 2. The predicted octanol–water partition coefficient (Wildman–Crippen LogP) is 4.55. The van der Waals surface area contributed by atoms with E-state index in [0.29, 0.717) is 17.9 Å². The van der Waals surface area contributed by atoms with E-state index in [1.807, 2.05) is 11.3 Å². The topological polar surface area (TPSA) is 20.3 Å². The fourth-order valence-corrected chi connectivity index (χ4v) is 5.99. The zero-order chi connectivity index (χ0) is 14.4. The molecule has 0 spiro atoms. The Labute approximate surface area is 131 Å². The number of amides is 1. The van der Waals surface area contributed by atoms with Crippen LogP contribution in [0.5, 0.6) is 0 Å². The molecule has 114 valence electrons. The van der Waals surface area contributed by atoms with Gasteiger partial charge in [-0.15, -0.1) is 11.3 Å². The van der Waals surface area contributed by atoms with Gasteiger partial charge in [0.15, 0.2) is 0 Å². The Morgan fingerprint density at radius 3 is 2.86 bits per heavy atom. The van der Waals surface area contributed by atoms with Gasteiger partial charge in [0.2, 0.25) is 5.91 Å². The molecule has 3 fully saturated rings. The van der Waals surface area contributed by atoms with Crippen molar-refractivity contribution in [2.45, 2.75) is 57.9 Å². The second-order valence-electron chi connectivity index (χ2n) is 7.33. The Morgan fingerprint density at radius 2 is 2.19 bits per heavy atom. The van der Waals surface area contributed by atoms with Crippen molar-refractivity contribution < 1.29 is 4.79 Å². The Kier molecular flexibility index (Phi) is 3.56. The van der Waals surface area contributed by atoms with E-state index in [2.05, 4.69) is 24.0 Å². The van der Waals surface area contributed by atoms with Crippen molar-refractivity contribution in [1.29, 1.82) is 0 Å². The second kappa shape index (κ2) is 5.42. The molecule has 2 aliphatic carbocycles. The third-order valence-electron chi connectivity index (χ3n) is 5.98. The standard InChI is InChI=1S/C18H25NOS/c1-12-4-7-17(21-12)16-3-2-8-19(16)18(20)11-15-10-13-5-6-14(15)9-13/h4,7,13-16H,2-3,5-6,8-11H2,1H3. The first-order valence-corrected chi connectivity index (χ1v) is 9.38. The Morgan fingerprint density at radius 1 is 1.29 bits per heavy atom. The van der Waals surface area contributed by atoms with Crippen LogP contribution < -0.4 is 0 Å². The summed E-state index contributed by atoms with van der Waals surface area (Å²) in [6.07, 6.45) is 8.69. The first-order chi connectivity index (χ1) is 10.2. The maximum absolute atomic E-state index is 12.8. The Balaban J connectivity index is 1.43. The van der Waals surface area contributed by atoms with Crippen molar-refractivity contribution in [2.24, 2.45) is 17.8 Å². The number of rotatable bonds is 3. The van der Waals surface area contributed by atoms with Crippen LogP contribution in [0.25, 0.3) is 0 Å². The molecule has 4 rings (SSSR count). The largest absolute Gasteiger partial charge is 0.335 e. The van der Waals surface area contributed by atoms with Crippen LogP contribution in [0.4, 0.5) is 0 Å². The second-order valence-corrected chi connectivity index (χ2v) is 8.65. The van der Waals surface area contributed by atoms with Gasteiger partial charge in [-0.1, -0.05) is 6.42 Å². The van der Waals surface area contributed by atoms with Gasteiger partial charge in [-0.05, 0) is 68.9 Å². The van der Waals surface area contributed by atoms with E-state index in [9.17, 15) is 4.79 Å². The molecule has 1 amide bonds. The molecule has 2 nitrogen and oxygen atoms in total. The minimum absolute atomic E-state index is 0.370. The summed E-state index contributed by atoms with van der Waals surface area (Å²) < 4.78 is 0. The third kappa shape index (κ3) is 2.54. The lowest BCUT2D eigenvalue weighted by Crippen LogP contribution is -2.32. The summed E-state index contributed by atoms with van der Waals surface area (Å²) >= 11 is 1.87. The van der Waals surface area contributed by atoms with E-state index < -0.39 is 0 Å². The molecule has 1 saturated heterocycles. The lowest BCUT2D eigenvalue weighted by Gasteiger charge is -2.28. The molecule has 0 N–H and O–H groups in total. The predicted molar refractivity (Wildman–Crippen MR) is 86.3 cm³/mol. The molecule has 0 radical (unpaired) electrons. The third-order valence-corrected chi connectivity index (χ3v) is 7.09. The number of aryl methyl sites for hydroxylation is 1. The van der Waals surface area contributed by atoms with Gasteiger partial charge in [0.25, 0.3) is 0 Å². The summed E-state index contributed by atoms with van der Waals surface area (Å²) in [5.41, 5.74) is 0. The molecule has 2 saturated carbocycles. The van der Waals surface area contributed by atoms with Crippen molar-refractivity contribution in [3.8, 4) is 0 Å². The van der Waals surface area contributed by atoms with E-state index in [1.54, 1.807) is 0 Å². The zero-order valence-electron chi connectivity index (χ0n) is 12.9. The van der Waals surface area contributed by atoms with Gasteiger partial charge in [-0.2, -0.15) is 0 Å². The highest BCUT2D eigenvalue weighted by Gasteiger charge is 2.41. The maximum Gasteiger partial charge on any atom is 0.223 e. The van der Waals surface area contributed by atoms with E-state index in [4.69, 9.17) is 0 Å². The number of hydrogen-bond donors (Lipinski definition) is 0. The monoisotopic (exact) mass is 303 g/mol. The van der Waals surface area contributed by atoms with Gasteiger partial charge >= 0.3 is 0 Å². The highest BCUT2D eigenvalue weighted by atomic mass is 32.1. The molecule has 4 unspecified atom stereocenters. The molecule has 21 heavy (non-hydrogen) atoms.